The topological polar surface area (TPSA) is 51.1 Å². The van der Waals surface area contributed by atoms with Crippen LogP contribution in [0.15, 0.2) is 22.0 Å². The molecule has 7 heteroatoms. The second-order valence-corrected chi connectivity index (χ2v) is 10.5. The summed E-state index contributed by atoms with van der Waals surface area (Å²) >= 11 is 8.01. The van der Waals surface area contributed by atoms with E-state index in [0.717, 1.165) is 36.4 Å². The van der Waals surface area contributed by atoms with Crippen LogP contribution < -0.4 is 9.47 Å². The van der Waals surface area contributed by atoms with Crippen molar-refractivity contribution in [3.8, 4) is 23.8 Å². The molecule has 2 aliphatic carbocycles. The van der Waals surface area contributed by atoms with Crippen molar-refractivity contribution in [2.45, 2.75) is 83.2 Å². The van der Waals surface area contributed by atoms with E-state index in [0.29, 0.717) is 34.1 Å². The fourth-order valence-corrected chi connectivity index (χ4v) is 6.33. The van der Waals surface area contributed by atoms with Crippen LogP contribution in [0.2, 0.25) is 5.02 Å². The van der Waals surface area contributed by atoms with Crippen LogP contribution in [0.25, 0.3) is 6.08 Å². The normalized spacial score (nSPS) is 22.4. The average molecular weight is 501 g/mol. The SMILES string of the molecule is C#CCOc1c(Cl)cc(C=C2SC(=NC3CCCCC3)N(C3CCCCC3)C2=O)cc1OCC. The molecule has 1 heterocycles. The largest absolute Gasteiger partial charge is 0.490 e. The van der Waals surface area contributed by atoms with E-state index in [-0.39, 0.29) is 18.6 Å². The van der Waals surface area contributed by atoms with Gasteiger partial charge in [-0.25, -0.2) is 0 Å². The number of rotatable bonds is 7. The summed E-state index contributed by atoms with van der Waals surface area (Å²) in [5.74, 6) is 3.45. The first-order chi connectivity index (χ1) is 16.6. The van der Waals surface area contributed by atoms with Gasteiger partial charge in [-0.2, -0.15) is 0 Å². The van der Waals surface area contributed by atoms with Crippen LogP contribution in [0.4, 0.5) is 0 Å². The van der Waals surface area contributed by atoms with E-state index < -0.39 is 0 Å². The Balaban J connectivity index is 1.65. The summed E-state index contributed by atoms with van der Waals surface area (Å²) < 4.78 is 11.4. The molecule has 0 spiro atoms. The Labute approximate surface area is 212 Å². The molecule has 1 aliphatic heterocycles. The zero-order valence-corrected chi connectivity index (χ0v) is 21.4. The third kappa shape index (κ3) is 5.93. The third-order valence-electron chi connectivity index (χ3n) is 6.57. The van der Waals surface area contributed by atoms with Crippen LogP contribution in [-0.4, -0.2) is 41.3 Å². The summed E-state index contributed by atoms with van der Waals surface area (Å²) in [6.45, 7) is 2.46. The van der Waals surface area contributed by atoms with Crippen molar-refractivity contribution >= 4 is 40.5 Å². The minimum absolute atomic E-state index is 0.0493. The molecule has 5 nitrogen and oxygen atoms in total. The lowest BCUT2D eigenvalue weighted by Crippen LogP contribution is -2.41. The molecule has 0 atom stereocenters. The molecule has 182 valence electrons. The second kappa shape index (κ2) is 12.0. The third-order valence-corrected chi connectivity index (χ3v) is 7.85. The first-order valence-corrected chi connectivity index (χ1v) is 13.6. The molecule has 0 unspecified atom stereocenters. The molecule has 1 amide bonds. The van der Waals surface area contributed by atoms with Crippen LogP contribution in [0, 0.1) is 12.3 Å². The highest BCUT2D eigenvalue weighted by atomic mass is 35.5. The summed E-state index contributed by atoms with van der Waals surface area (Å²) in [6.07, 6.45) is 18.9. The molecule has 4 rings (SSSR count). The first kappa shape index (κ1) is 25.0. The van der Waals surface area contributed by atoms with Gasteiger partial charge in [0, 0.05) is 6.04 Å². The van der Waals surface area contributed by atoms with Gasteiger partial charge in [0.05, 0.1) is 22.6 Å². The standard InChI is InChI=1S/C27H33ClN2O3S/c1-3-15-33-25-22(28)16-19(17-23(25)32-4-2)18-24-26(31)30(21-13-9-6-10-14-21)27(34-24)29-20-11-7-5-8-12-20/h1,16-18,20-21H,4-15H2,2H3. The number of terminal acetylenes is 1. The second-order valence-electron chi connectivity index (χ2n) is 9.04. The number of benzene rings is 1. The molecule has 2 saturated carbocycles. The average Bonchev–Trinajstić information content (AvgIpc) is 3.14. The Morgan fingerprint density at radius 1 is 1.15 bits per heavy atom. The minimum Gasteiger partial charge on any atom is -0.490 e. The summed E-state index contributed by atoms with van der Waals surface area (Å²) in [4.78, 5) is 21.4. The van der Waals surface area contributed by atoms with E-state index in [1.165, 1.54) is 50.3 Å². The van der Waals surface area contributed by atoms with Crippen LogP contribution in [0.5, 0.6) is 11.5 Å². The molecule has 1 aromatic carbocycles. The van der Waals surface area contributed by atoms with Gasteiger partial charge in [0.1, 0.15) is 6.61 Å². The fraction of sp³-hybridized carbons (Fsp3) is 0.556. The van der Waals surface area contributed by atoms with Crippen molar-refractivity contribution in [1.82, 2.24) is 4.90 Å². The first-order valence-electron chi connectivity index (χ1n) is 12.4. The van der Waals surface area contributed by atoms with Crippen LogP contribution >= 0.6 is 23.4 Å². The van der Waals surface area contributed by atoms with Crippen LogP contribution in [-0.2, 0) is 4.79 Å². The maximum atomic E-state index is 13.6. The Hall–Kier alpha value is -2.10. The molecule has 0 aromatic heterocycles. The van der Waals surface area contributed by atoms with Gasteiger partial charge < -0.3 is 9.47 Å². The van der Waals surface area contributed by atoms with Gasteiger partial charge >= 0.3 is 0 Å². The van der Waals surface area contributed by atoms with Crippen molar-refractivity contribution < 1.29 is 14.3 Å². The maximum Gasteiger partial charge on any atom is 0.266 e. The molecule has 0 N–H and O–H groups in total. The van der Waals surface area contributed by atoms with Gasteiger partial charge in [-0.1, -0.05) is 56.0 Å². The number of carbonyl (C=O) groups is 1. The zero-order chi connectivity index (χ0) is 23.9. The number of amides is 1. The fourth-order valence-electron chi connectivity index (χ4n) is 4.94. The van der Waals surface area contributed by atoms with E-state index in [1.807, 2.05) is 24.0 Å². The molecule has 1 saturated heterocycles. The summed E-state index contributed by atoms with van der Waals surface area (Å²) in [7, 11) is 0. The molecule has 0 radical (unpaired) electrons. The molecule has 1 aromatic rings. The van der Waals surface area contributed by atoms with Gasteiger partial charge in [-0.05, 0) is 68.1 Å². The lowest BCUT2D eigenvalue weighted by Gasteiger charge is -2.31. The number of ether oxygens (including phenoxy) is 2. The summed E-state index contributed by atoms with van der Waals surface area (Å²) in [5.41, 5.74) is 0.792. The Morgan fingerprint density at radius 3 is 2.53 bits per heavy atom. The number of nitrogens with zero attached hydrogens (tertiary/aromatic N) is 2. The number of aliphatic imine (C=N–C) groups is 1. The van der Waals surface area contributed by atoms with Gasteiger partial charge in [0.2, 0.25) is 0 Å². The van der Waals surface area contributed by atoms with E-state index >= 15 is 0 Å². The molecule has 34 heavy (non-hydrogen) atoms. The van der Waals surface area contributed by atoms with E-state index in [4.69, 9.17) is 32.5 Å². The minimum atomic E-state index is 0.0493. The Bertz CT molecular complexity index is 988. The van der Waals surface area contributed by atoms with Gasteiger partial charge in [0.15, 0.2) is 16.7 Å². The number of carbonyl (C=O) groups excluding carboxylic acids is 1. The predicted octanol–water partition coefficient (Wildman–Crippen LogP) is 6.69. The Morgan fingerprint density at radius 2 is 1.85 bits per heavy atom. The van der Waals surface area contributed by atoms with Crippen LogP contribution in [0.1, 0.15) is 76.7 Å². The monoisotopic (exact) mass is 500 g/mol. The van der Waals surface area contributed by atoms with E-state index in [2.05, 4.69) is 5.92 Å². The quantitative estimate of drug-likeness (QED) is 0.309. The number of hydrogen-bond donors (Lipinski definition) is 0. The highest BCUT2D eigenvalue weighted by Gasteiger charge is 2.39. The highest BCUT2D eigenvalue weighted by Crippen LogP contribution is 2.41. The number of amidine groups is 1. The smallest absolute Gasteiger partial charge is 0.266 e. The highest BCUT2D eigenvalue weighted by molar-refractivity contribution is 8.18. The number of hydrogen-bond acceptors (Lipinski definition) is 5. The van der Waals surface area contributed by atoms with Crippen molar-refractivity contribution in [3.05, 3.63) is 27.6 Å². The summed E-state index contributed by atoms with van der Waals surface area (Å²) in [6, 6.07) is 4.20. The summed E-state index contributed by atoms with van der Waals surface area (Å²) in [5, 5.41) is 1.28. The molecular weight excluding hydrogens is 468 g/mol. The number of thioether (sulfide) groups is 1. The molecular formula is C27H33ClN2O3S. The molecule has 0 bridgehead atoms. The van der Waals surface area contributed by atoms with Gasteiger partial charge in [0.25, 0.3) is 5.91 Å². The Kier molecular flexibility index (Phi) is 8.86. The number of halogens is 1. The van der Waals surface area contributed by atoms with Crippen molar-refractivity contribution in [2.24, 2.45) is 4.99 Å². The molecule has 3 aliphatic rings. The van der Waals surface area contributed by atoms with Crippen molar-refractivity contribution in [2.75, 3.05) is 13.2 Å². The molecule has 3 fully saturated rings. The van der Waals surface area contributed by atoms with Crippen molar-refractivity contribution in [3.63, 3.8) is 0 Å². The van der Waals surface area contributed by atoms with Crippen LogP contribution in [0.3, 0.4) is 0 Å². The van der Waals surface area contributed by atoms with E-state index in [9.17, 15) is 4.79 Å². The zero-order valence-electron chi connectivity index (χ0n) is 19.9. The predicted molar refractivity (Wildman–Crippen MR) is 141 cm³/mol. The van der Waals surface area contributed by atoms with Gasteiger partial charge in [-0.3, -0.25) is 14.7 Å². The van der Waals surface area contributed by atoms with Crippen molar-refractivity contribution in [1.29, 1.82) is 0 Å². The lowest BCUT2D eigenvalue weighted by atomic mass is 9.94. The maximum absolute atomic E-state index is 13.6. The van der Waals surface area contributed by atoms with Gasteiger partial charge in [-0.15, -0.1) is 6.42 Å². The lowest BCUT2D eigenvalue weighted by molar-refractivity contribution is -0.124. The van der Waals surface area contributed by atoms with E-state index in [1.54, 1.807) is 6.07 Å².